The smallest absolute Gasteiger partial charge is 0.121 e. The summed E-state index contributed by atoms with van der Waals surface area (Å²) in [4.78, 5) is 0. The monoisotopic (exact) mass is 215 g/mol. The Bertz CT molecular complexity index is 274. The zero-order valence-electron chi connectivity index (χ0n) is 8.75. The largest absolute Gasteiger partial charge is 0.464 e. The molecule has 0 fully saturated rings. The summed E-state index contributed by atoms with van der Waals surface area (Å²) in [6.45, 7) is 7.65. The van der Waals surface area contributed by atoms with Gasteiger partial charge in [-0.15, -0.1) is 19.0 Å². The highest BCUT2D eigenvalue weighted by molar-refractivity contribution is 5.85. The van der Waals surface area contributed by atoms with Gasteiger partial charge in [0.1, 0.15) is 11.5 Å². The summed E-state index contributed by atoms with van der Waals surface area (Å²) < 4.78 is 5.51. The lowest BCUT2D eigenvalue weighted by molar-refractivity contribution is 0.435. The van der Waals surface area contributed by atoms with E-state index in [0.717, 1.165) is 24.4 Å². The van der Waals surface area contributed by atoms with Gasteiger partial charge in [0.2, 0.25) is 0 Å². The topological polar surface area (TPSA) is 39.2 Å². The molecular formula is C11H18ClNO. The van der Waals surface area contributed by atoms with E-state index in [1.54, 1.807) is 0 Å². The highest BCUT2D eigenvalue weighted by Crippen LogP contribution is 2.21. The van der Waals surface area contributed by atoms with E-state index in [4.69, 9.17) is 10.2 Å². The second-order valence-corrected chi connectivity index (χ2v) is 3.36. The van der Waals surface area contributed by atoms with Gasteiger partial charge in [-0.2, -0.15) is 0 Å². The molecule has 1 aromatic heterocycles. The average molecular weight is 216 g/mol. The van der Waals surface area contributed by atoms with Crippen LogP contribution in [0, 0.1) is 13.8 Å². The molecule has 0 aliphatic carbocycles. The third-order valence-electron chi connectivity index (χ3n) is 2.23. The van der Waals surface area contributed by atoms with E-state index in [1.807, 2.05) is 26.0 Å². The molecule has 14 heavy (non-hydrogen) atoms. The van der Waals surface area contributed by atoms with Gasteiger partial charge in [-0.25, -0.2) is 0 Å². The SMILES string of the molecule is C=CCC[C@@H](N)c1cc(C)c(C)o1.Cl. The van der Waals surface area contributed by atoms with Gasteiger partial charge in [0.05, 0.1) is 6.04 Å². The number of halogens is 1. The van der Waals surface area contributed by atoms with Crippen molar-refractivity contribution in [1.82, 2.24) is 0 Å². The highest BCUT2D eigenvalue weighted by atomic mass is 35.5. The third kappa shape index (κ3) is 3.20. The van der Waals surface area contributed by atoms with Crippen molar-refractivity contribution >= 4 is 12.4 Å². The molecule has 0 aliphatic rings. The number of allylic oxidation sites excluding steroid dienone is 1. The zero-order valence-corrected chi connectivity index (χ0v) is 9.56. The molecule has 0 radical (unpaired) electrons. The summed E-state index contributed by atoms with van der Waals surface area (Å²) in [7, 11) is 0. The molecule has 0 saturated heterocycles. The summed E-state index contributed by atoms with van der Waals surface area (Å²) in [6, 6.07) is 2.02. The van der Waals surface area contributed by atoms with Crippen LogP contribution >= 0.6 is 12.4 Å². The summed E-state index contributed by atoms with van der Waals surface area (Å²) >= 11 is 0. The fourth-order valence-corrected chi connectivity index (χ4v) is 1.22. The van der Waals surface area contributed by atoms with Crippen LogP contribution in [-0.4, -0.2) is 0 Å². The Labute approximate surface area is 91.6 Å². The first-order valence-corrected chi connectivity index (χ1v) is 4.58. The Hall–Kier alpha value is -0.730. The van der Waals surface area contributed by atoms with Crippen LogP contribution in [0.4, 0.5) is 0 Å². The van der Waals surface area contributed by atoms with Crippen LogP contribution < -0.4 is 5.73 Å². The second kappa shape index (κ2) is 5.89. The van der Waals surface area contributed by atoms with Gasteiger partial charge in [0.15, 0.2) is 0 Å². The van der Waals surface area contributed by atoms with Crippen LogP contribution in [0.3, 0.4) is 0 Å². The van der Waals surface area contributed by atoms with E-state index in [9.17, 15) is 0 Å². The van der Waals surface area contributed by atoms with Gasteiger partial charge in [0, 0.05) is 0 Å². The number of nitrogens with two attached hydrogens (primary N) is 1. The first-order chi connectivity index (χ1) is 6.15. The summed E-state index contributed by atoms with van der Waals surface area (Å²) in [6.07, 6.45) is 3.71. The number of furan rings is 1. The van der Waals surface area contributed by atoms with Gasteiger partial charge >= 0.3 is 0 Å². The van der Waals surface area contributed by atoms with Crippen LogP contribution in [0.2, 0.25) is 0 Å². The van der Waals surface area contributed by atoms with E-state index < -0.39 is 0 Å². The number of aryl methyl sites for hydroxylation is 2. The van der Waals surface area contributed by atoms with Crippen molar-refractivity contribution in [1.29, 1.82) is 0 Å². The van der Waals surface area contributed by atoms with Crippen molar-refractivity contribution < 1.29 is 4.42 Å². The fraction of sp³-hybridized carbons (Fsp3) is 0.455. The molecule has 2 nitrogen and oxygen atoms in total. The third-order valence-corrected chi connectivity index (χ3v) is 2.23. The van der Waals surface area contributed by atoms with E-state index in [0.29, 0.717) is 0 Å². The highest BCUT2D eigenvalue weighted by Gasteiger charge is 2.10. The molecule has 0 unspecified atom stereocenters. The Kier molecular flexibility index (Phi) is 5.58. The van der Waals surface area contributed by atoms with Crippen molar-refractivity contribution in [2.75, 3.05) is 0 Å². The van der Waals surface area contributed by atoms with Gasteiger partial charge < -0.3 is 10.2 Å². The van der Waals surface area contributed by atoms with Crippen LogP contribution in [-0.2, 0) is 0 Å². The molecule has 1 rings (SSSR count). The number of hydrogen-bond donors (Lipinski definition) is 1. The minimum absolute atomic E-state index is 0. The van der Waals surface area contributed by atoms with Crippen LogP contribution in [0.15, 0.2) is 23.1 Å². The van der Waals surface area contributed by atoms with E-state index in [-0.39, 0.29) is 18.4 Å². The Morgan fingerprint density at radius 2 is 2.21 bits per heavy atom. The quantitative estimate of drug-likeness (QED) is 0.783. The molecule has 0 saturated carbocycles. The second-order valence-electron chi connectivity index (χ2n) is 3.36. The van der Waals surface area contributed by atoms with Crippen LogP contribution in [0.25, 0.3) is 0 Å². The average Bonchev–Trinajstić information content (AvgIpc) is 2.43. The maximum Gasteiger partial charge on any atom is 0.121 e. The van der Waals surface area contributed by atoms with E-state index >= 15 is 0 Å². The molecule has 0 bridgehead atoms. The minimum Gasteiger partial charge on any atom is -0.464 e. The maximum atomic E-state index is 5.92. The van der Waals surface area contributed by atoms with Crippen molar-refractivity contribution in [3.8, 4) is 0 Å². The molecule has 80 valence electrons. The van der Waals surface area contributed by atoms with Crippen molar-refractivity contribution in [2.24, 2.45) is 5.73 Å². The standard InChI is InChI=1S/C11H17NO.ClH/c1-4-5-6-10(12)11-7-8(2)9(3)13-11;/h4,7,10H,1,5-6,12H2,2-3H3;1H/t10-;/m1./s1. The molecular weight excluding hydrogens is 198 g/mol. The fourth-order valence-electron chi connectivity index (χ4n) is 1.22. The number of hydrogen-bond acceptors (Lipinski definition) is 2. The summed E-state index contributed by atoms with van der Waals surface area (Å²) in [5.74, 6) is 1.85. The zero-order chi connectivity index (χ0) is 9.84. The summed E-state index contributed by atoms with van der Waals surface area (Å²) in [5.41, 5.74) is 7.09. The van der Waals surface area contributed by atoms with E-state index in [1.165, 1.54) is 5.56 Å². The Morgan fingerprint density at radius 3 is 2.64 bits per heavy atom. The van der Waals surface area contributed by atoms with Gasteiger partial charge in [-0.3, -0.25) is 0 Å². The van der Waals surface area contributed by atoms with Crippen molar-refractivity contribution in [3.63, 3.8) is 0 Å². The lowest BCUT2D eigenvalue weighted by Gasteiger charge is -2.05. The minimum atomic E-state index is 0. The Morgan fingerprint density at radius 1 is 1.57 bits per heavy atom. The summed E-state index contributed by atoms with van der Waals surface area (Å²) in [5, 5.41) is 0. The van der Waals surface area contributed by atoms with Crippen LogP contribution in [0.5, 0.6) is 0 Å². The van der Waals surface area contributed by atoms with Crippen molar-refractivity contribution in [2.45, 2.75) is 32.7 Å². The molecule has 0 aromatic carbocycles. The van der Waals surface area contributed by atoms with Crippen molar-refractivity contribution in [3.05, 3.63) is 35.8 Å². The predicted octanol–water partition coefficient (Wildman–Crippen LogP) is 3.28. The molecule has 0 amide bonds. The first-order valence-electron chi connectivity index (χ1n) is 4.58. The van der Waals surface area contributed by atoms with Gasteiger partial charge in [0.25, 0.3) is 0 Å². The first kappa shape index (κ1) is 13.3. The molecule has 0 aliphatic heterocycles. The molecule has 1 atom stereocenters. The molecule has 1 aromatic rings. The molecule has 2 N–H and O–H groups in total. The normalized spacial score (nSPS) is 11.9. The predicted molar refractivity (Wildman–Crippen MR) is 61.8 cm³/mol. The lowest BCUT2D eigenvalue weighted by Crippen LogP contribution is -2.08. The van der Waals surface area contributed by atoms with Gasteiger partial charge in [-0.05, 0) is 38.3 Å². The van der Waals surface area contributed by atoms with E-state index in [2.05, 4.69) is 6.58 Å². The van der Waals surface area contributed by atoms with Gasteiger partial charge in [-0.1, -0.05) is 6.08 Å². The number of rotatable bonds is 4. The molecule has 3 heteroatoms. The molecule has 1 heterocycles. The lowest BCUT2D eigenvalue weighted by atomic mass is 10.1. The Balaban J connectivity index is 0.00000169. The van der Waals surface area contributed by atoms with Crippen LogP contribution in [0.1, 0.15) is 36.0 Å². The molecule has 0 spiro atoms. The maximum absolute atomic E-state index is 5.92.